The van der Waals surface area contributed by atoms with Gasteiger partial charge in [0.25, 0.3) is 0 Å². The lowest BCUT2D eigenvalue weighted by Crippen LogP contribution is -2.43. The average Bonchev–Trinajstić information content (AvgIpc) is 3.47. The van der Waals surface area contributed by atoms with Crippen molar-refractivity contribution in [2.24, 2.45) is 11.8 Å². The first kappa shape index (κ1) is 28.1. The van der Waals surface area contributed by atoms with Crippen molar-refractivity contribution in [1.82, 2.24) is 19.9 Å². The number of aromatic nitrogens is 3. The van der Waals surface area contributed by atoms with E-state index in [1.807, 2.05) is 0 Å². The molecule has 0 amide bonds. The Bertz CT molecular complexity index is 1800. The smallest absolute Gasteiger partial charge is 0.417 e. The minimum atomic E-state index is -4.98. The van der Waals surface area contributed by atoms with E-state index in [2.05, 4.69) is 25.2 Å². The summed E-state index contributed by atoms with van der Waals surface area (Å²) in [6.45, 7) is 1.12. The monoisotopic (exact) mass is 634 g/mol. The van der Waals surface area contributed by atoms with Gasteiger partial charge in [0, 0.05) is 35.5 Å². The minimum Gasteiger partial charge on any atom is -0.461 e. The third-order valence-electron chi connectivity index (χ3n) is 9.94. The van der Waals surface area contributed by atoms with Crippen molar-refractivity contribution in [2.75, 3.05) is 30.7 Å². The Morgan fingerprint density at radius 2 is 1.89 bits per heavy atom. The van der Waals surface area contributed by atoms with E-state index in [9.17, 15) is 22.0 Å². The number of ether oxygens (including phenoxy) is 1. The molecule has 8 rings (SSSR count). The van der Waals surface area contributed by atoms with E-state index >= 15 is 4.39 Å². The first-order valence-corrected chi connectivity index (χ1v) is 15.6. The maximum absolute atomic E-state index is 16.6. The number of hydrogen-bond donors (Lipinski definition) is 2. The molecular formula is C30H28F6N6OS. The van der Waals surface area contributed by atoms with Crippen molar-refractivity contribution in [3.05, 3.63) is 35.4 Å². The van der Waals surface area contributed by atoms with Gasteiger partial charge >= 0.3 is 12.2 Å². The van der Waals surface area contributed by atoms with Crippen molar-refractivity contribution < 1.29 is 31.1 Å². The van der Waals surface area contributed by atoms with E-state index in [-0.39, 0.29) is 56.3 Å². The second-order valence-corrected chi connectivity index (χ2v) is 13.5. The standard InChI is InChI=1S/C30H28F6N6OS/c31-13-10-29(7-2-8-42(29)11-13)12-43-28-40-23-17(26(41-28)38-22-14-3-1-4-15(14)22)9-18(30(34,35)36)20(21(23)33)16-5-6-19(32)25-24(16)39-27(37)44-25/h5-6,9,13-15,22H,1-4,7-8,10-12H2,(H2,37,39)(H,38,40,41)/t13-,14?,15?,22?,29+/m1/s1. The molecule has 2 aromatic heterocycles. The van der Waals surface area contributed by atoms with Gasteiger partial charge in [-0.2, -0.15) is 23.1 Å². The van der Waals surface area contributed by atoms with E-state index in [0.29, 0.717) is 24.8 Å². The van der Waals surface area contributed by atoms with Gasteiger partial charge < -0.3 is 15.8 Å². The molecule has 0 bridgehead atoms. The number of halogens is 6. The van der Waals surface area contributed by atoms with Crippen molar-refractivity contribution in [3.63, 3.8) is 0 Å². The molecule has 2 saturated carbocycles. The van der Waals surface area contributed by atoms with Gasteiger partial charge in [-0.05, 0) is 62.3 Å². The molecule has 2 aliphatic heterocycles. The van der Waals surface area contributed by atoms with Crippen LogP contribution in [0.2, 0.25) is 0 Å². The number of anilines is 2. The molecule has 0 spiro atoms. The quantitative estimate of drug-likeness (QED) is 0.222. The number of fused-ring (bicyclic) bond motifs is 4. The summed E-state index contributed by atoms with van der Waals surface area (Å²) in [6.07, 6.45) is -0.976. The second kappa shape index (κ2) is 9.80. The Labute approximate surface area is 251 Å². The summed E-state index contributed by atoms with van der Waals surface area (Å²) in [7, 11) is 0. The molecule has 4 heterocycles. The first-order valence-electron chi connectivity index (χ1n) is 14.8. The summed E-state index contributed by atoms with van der Waals surface area (Å²) < 4.78 is 95.5. The van der Waals surface area contributed by atoms with Crippen molar-refractivity contribution >= 4 is 43.4 Å². The van der Waals surface area contributed by atoms with Gasteiger partial charge in [-0.1, -0.05) is 17.8 Å². The number of thiazole rings is 1. The van der Waals surface area contributed by atoms with Crippen LogP contribution in [0.3, 0.4) is 0 Å². The lowest BCUT2D eigenvalue weighted by Gasteiger charge is -2.30. The lowest BCUT2D eigenvalue weighted by atomic mass is 9.95. The first-order chi connectivity index (χ1) is 21.0. The predicted molar refractivity (Wildman–Crippen MR) is 154 cm³/mol. The number of benzene rings is 2. The van der Waals surface area contributed by atoms with Crippen LogP contribution < -0.4 is 15.8 Å². The Kier molecular flexibility index (Phi) is 6.26. The molecule has 3 N–H and O–H groups in total. The molecule has 4 atom stereocenters. The van der Waals surface area contributed by atoms with Gasteiger partial charge in [0.15, 0.2) is 10.9 Å². The highest BCUT2D eigenvalue weighted by Gasteiger charge is 2.53. The fourth-order valence-electron chi connectivity index (χ4n) is 7.90. The number of rotatable bonds is 6. The molecule has 44 heavy (non-hydrogen) atoms. The third-order valence-corrected chi connectivity index (χ3v) is 10.8. The van der Waals surface area contributed by atoms with Crippen molar-refractivity contribution in [1.29, 1.82) is 0 Å². The fourth-order valence-corrected chi connectivity index (χ4v) is 8.67. The molecule has 4 fully saturated rings. The molecule has 2 saturated heterocycles. The van der Waals surface area contributed by atoms with Gasteiger partial charge in [-0.3, -0.25) is 4.90 Å². The zero-order valence-electron chi connectivity index (χ0n) is 23.4. The summed E-state index contributed by atoms with van der Waals surface area (Å²) >= 11 is 0.764. The summed E-state index contributed by atoms with van der Waals surface area (Å²) in [5.74, 6) is -1.17. The molecule has 4 aromatic rings. The van der Waals surface area contributed by atoms with Crippen molar-refractivity contribution in [3.8, 4) is 17.1 Å². The topological polar surface area (TPSA) is 89.2 Å². The Morgan fingerprint density at radius 1 is 1.09 bits per heavy atom. The van der Waals surface area contributed by atoms with Gasteiger partial charge in [0.2, 0.25) is 0 Å². The minimum absolute atomic E-state index is 0.00697. The van der Waals surface area contributed by atoms with Crippen LogP contribution in [0.15, 0.2) is 18.2 Å². The number of hydrogen-bond acceptors (Lipinski definition) is 8. The number of nitrogen functional groups attached to an aromatic ring is 1. The van der Waals surface area contributed by atoms with Crippen LogP contribution in [-0.2, 0) is 6.18 Å². The van der Waals surface area contributed by atoms with E-state index < -0.39 is 40.6 Å². The Balaban J connectivity index is 1.29. The molecule has 14 heteroatoms. The second-order valence-electron chi connectivity index (χ2n) is 12.5. The van der Waals surface area contributed by atoms with Crippen LogP contribution >= 0.6 is 11.3 Å². The number of nitrogens with two attached hydrogens (primary N) is 1. The van der Waals surface area contributed by atoms with E-state index in [1.54, 1.807) is 0 Å². The molecule has 0 radical (unpaired) electrons. The maximum atomic E-state index is 16.6. The molecule has 7 nitrogen and oxygen atoms in total. The van der Waals surface area contributed by atoms with Gasteiger partial charge in [0.1, 0.15) is 29.9 Å². The third kappa shape index (κ3) is 4.38. The summed E-state index contributed by atoms with van der Waals surface area (Å²) in [5, 5.41) is 3.07. The zero-order chi connectivity index (χ0) is 30.5. The van der Waals surface area contributed by atoms with Crippen LogP contribution in [-0.4, -0.2) is 57.3 Å². The van der Waals surface area contributed by atoms with Crippen LogP contribution in [0.4, 0.5) is 37.3 Å². The van der Waals surface area contributed by atoms with Crippen LogP contribution in [0.5, 0.6) is 6.01 Å². The Hall–Kier alpha value is -3.39. The number of nitrogens with one attached hydrogen (secondary N) is 1. The molecular weight excluding hydrogens is 606 g/mol. The fraction of sp³-hybridized carbons (Fsp3) is 0.500. The van der Waals surface area contributed by atoms with Crippen LogP contribution in [0, 0.1) is 23.5 Å². The highest BCUT2D eigenvalue weighted by atomic mass is 32.1. The summed E-state index contributed by atoms with van der Waals surface area (Å²) in [6, 6.07) is 2.68. The normalized spacial score (nSPS) is 28.1. The summed E-state index contributed by atoms with van der Waals surface area (Å²) in [5.41, 5.74) is 2.36. The Morgan fingerprint density at radius 3 is 2.66 bits per heavy atom. The molecule has 232 valence electrons. The lowest BCUT2D eigenvalue weighted by molar-refractivity contribution is -0.137. The maximum Gasteiger partial charge on any atom is 0.417 e. The van der Waals surface area contributed by atoms with Gasteiger partial charge in [-0.25, -0.2) is 18.2 Å². The van der Waals surface area contributed by atoms with Gasteiger partial charge in [-0.15, -0.1) is 0 Å². The van der Waals surface area contributed by atoms with E-state index in [0.717, 1.165) is 68.2 Å². The molecule has 4 aliphatic rings. The number of alkyl halides is 4. The van der Waals surface area contributed by atoms with E-state index in [4.69, 9.17) is 10.5 Å². The van der Waals surface area contributed by atoms with E-state index in [1.165, 1.54) is 0 Å². The van der Waals surface area contributed by atoms with Crippen molar-refractivity contribution in [2.45, 2.75) is 62.5 Å². The van der Waals surface area contributed by atoms with Crippen LogP contribution in [0.25, 0.3) is 32.2 Å². The van der Waals surface area contributed by atoms with Gasteiger partial charge in [0.05, 0.1) is 21.3 Å². The number of nitrogens with zero attached hydrogens (tertiary/aromatic N) is 4. The largest absolute Gasteiger partial charge is 0.461 e. The van der Waals surface area contributed by atoms with Crippen LogP contribution in [0.1, 0.15) is 44.1 Å². The average molecular weight is 635 g/mol. The molecule has 2 aliphatic carbocycles. The molecule has 2 unspecified atom stereocenters. The SMILES string of the molecule is Nc1nc2c(-c3c(C(F)(F)F)cc4c(NC5C6CCCC65)nc(OC[C@@]56CCCN5C[C@H](F)C6)nc4c3F)ccc(F)c2s1. The zero-order valence-corrected chi connectivity index (χ0v) is 24.2. The molecule has 2 aromatic carbocycles. The predicted octanol–water partition coefficient (Wildman–Crippen LogP) is 6.95. The highest BCUT2D eigenvalue weighted by molar-refractivity contribution is 7.22. The highest BCUT2D eigenvalue weighted by Crippen LogP contribution is 2.54. The summed E-state index contributed by atoms with van der Waals surface area (Å²) in [4.78, 5) is 14.8.